The van der Waals surface area contributed by atoms with Crippen LogP contribution in [0.3, 0.4) is 0 Å². The van der Waals surface area contributed by atoms with E-state index in [0.29, 0.717) is 11.3 Å². The molecule has 38 heavy (non-hydrogen) atoms. The zero-order valence-corrected chi connectivity index (χ0v) is 23.6. The average molecular weight is 514 g/mol. The Balaban J connectivity index is 1.33. The van der Waals surface area contributed by atoms with E-state index in [1.165, 1.54) is 61.5 Å². The van der Waals surface area contributed by atoms with Crippen molar-refractivity contribution in [3.05, 3.63) is 130 Å². The second-order valence-corrected chi connectivity index (χ2v) is 12.0. The van der Waals surface area contributed by atoms with Gasteiger partial charge in [0.25, 0.3) is 0 Å². The maximum atomic E-state index is 2.56. The molecule has 1 heterocycles. The number of rotatable bonds is 6. The lowest BCUT2D eigenvalue weighted by Crippen LogP contribution is -2.24. The molecule has 4 aromatic carbocycles. The summed E-state index contributed by atoms with van der Waals surface area (Å²) in [7, 11) is 0. The number of hydrogen-bond acceptors (Lipinski definition) is 2. The lowest BCUT2D eigenvalue weighted by atomic mass is 9.95. The van der Waals surface area contributed by atoms with Crippen LogP contribution in [0.1, 0.15) is 60.8 Å². The minimum Gasteiger partial charge on any atom is -0.338 e. The largest absolute Gasteiger partial charge is 0.338 e. The molecule has 2 aliphatic rings. The number of nitrogens with zero attached hydrogens (tertiary/aromatic N) is 1. The zero-order chi connectivity index (χ0) is 26.2. The molecule has 1 aliphatic heterocycles. The summed E-state index contributed by atoms with van der Waals surface area (Å²) in [6.07, 6.45) is 5.90. The van der Waals surface area contributed by atoms with Crippen LogP contribution in [0.25, 0.3) is 23.3 Å². The van der Waals surface area contributed by atoms with Gasteiger partial charge in [-0.3, -0.25) is 0 Å². The van der Waals surface area contributed by atoms with E-state index in [0.717, 1.165) is 12.2 Å². The first-order chi connectivity index (χ1) is 18.5. The van der Waals surface area contributed by atoms with Crippen LogP contribution in [0.4, 0.5) is 11.4 Å². The highest BCUT2D eigenvalue weighted by Gasteiger charge is 2.32. The van der Waals surface area contributed by atoms with Crippen LogP contribution in [-0.4, -0.2) is 6.04 Å². The molecule has 2 heteroatoms. The summed E-state index contributed by atoms with van der Waals surface area (Å²) in [5.74, 6) is 0.974. The second kappa shape index (κ2) is 10.3. The standard InChI is InChI=1S/C36H35NS/c1-24(2)20-32-29(15-10-16-30(32)27-12-6-5-7-13-27)23-38-36-25(3)21-33-31(36)17-11-19-35(33)37-26(4)22-28-14-8-9-18-34(28)37/h5-21,26,36H,22-23H2,1-4H3. The summed E-state index contributed by atoms with van der Waals surface area (Å²) in [6.45, 7) is 9.04. The third kappa shape index (κ3) is 4.52. The fourth-order valence-electron chi connectivity index (χ4n) is 6.11. The van der Waals surface area contributed by atoms with E-state index in [2.05, 4.69) is 148 Å². The SMILES string of the molecule is CC(C)=Cc1c(CSC2C(C)=Cc3c2cccc3N2c3ccccc3CC2C)cccc1-c1ccccc1. The number of thioether (sulfide) groups is 1. The second-order valence-electron chi connectivity index (χ2n) is 10.9. The number of anilines is 2. The molecule has 190 valence electrons. The minimum absolute atomic E-state index is 0.373. The number of fused-ring (bicyclic) bond motifs is 2. The molecule has 0 spiro atoms. The zero-order valence-electron chi connectivity index (χ0n) is 22.7. The summed E-state index contributed by atoms with van der Waals surface area (Å²) in [5.41, 5.74) is 15.1. The molecule has 0 radical (unpaired) electrons. The van der Waals surface area contributed by atoms with Crippen LogP contribution in [0.5, 0.6) is 0 Å². The Labute approximate surface area is 231 Å². The maximum Gasteiger partial charge on any atom is 0.0517 e. The van der Waals surface area contributed by atoms with Crippen molar-refractivity contribution in [1.29, 1.82) is 0 Å². The summed E-state index contributed by atoms with van der Waals surface area (Å²) in [4.78, 5) is 2.56. The van der Waals surface area contributed by atoms with Gasteiger partial charge in [0, 0.05) is 28.7 Å². The van der Waals surface area contributed by atoms with Gasteiger partial charge in [0.05, 0.1) is 5.25 Å². The van der Waals surface area contributed by atoms with Crippen molar-refractivity contribution in [1.82, 2.24) is 0 Å². The van der Waals surface area contributed by atoms with Gasteiger partial charge in [-0.25, -0.2) is 0 Å². The Kier molecular flexibility index (Phi) is 6.76. The van der Waals surface area contributed by atoms with Gasteiger partial charge in [0.1, 0.15) is 0 Å². The third-order valence-electron chi connectivity index (χ3n) is 7.77. The molecule has 6 rings (SSSR count). The Morgan fingerprint density at radius 2 is 1.61 bits per heavy atom. The third-order valence-corrected chi connectivity index (χ3v) is 9.21. The van der Waals surface area contributed by atoms with Gasteiger partial charge < -0.3 is 4.90 Å². The van der Waals surface area contributed by atoms with E-state index >= 15 is 0 Å². The van der Waals surface area contributed by atoms with Crippen LogP contribution in [-0.2, 0) is 12.2 Å². The van der Waals surface area contributed by atoms with E-state index in [-0.39, 0.29) is 0 Å². The normalized spacial score (nSPS) is 17.7. The molecule has 2 unspecified atom stereocenters. The van der Waals surface area contributed by atoms with Crippen molar-refractivity contribution >= 4 is 35.3 Å². The number of hydrogen-bond donors (Lipinski definition) is 0. The van der Waals surface area contributed by atoms with E-state index in [1.807, 2.05) is 0 Å². The average Bonchev–Trinajstić information content (AvgIpc) is 3.43. The molecular formula is C36H35NS. The van der Waals surface area contributed by atoms with Crippen LogP contribution in [0.15, 0.2) is 102 Å². The molecule has 0 N–H and O–H groups in total. The van der Waals surface area contributed by atoms with Crippen molar-refractivity contribution in [3.8, 4) is 11.1 Å². The molecule has 0 saturated heterocycles. The topological polar surface area (TPSA) is 3.24 Å². The summed E-state index contributed by atoms with van der Waals surface area (Å²) in [6, 6.07) is 33.8. The molecule has 4 aromatic rings. The molecule has 1 nitrogen and oxygen atoms in total. The van der Waals surface area contributed by atoms with Crippen molar-refractivity contribution < 1.29 is 0 Å². The quantitative estimate of drug-likeness (QED) is 0.252. The van der Waals surface area contributed by atoms with E-state index in [1.54, 1.807) is 0 Å². The number of benzene rings is 4. The van der Waals surface area contributed by atoms with Gasteiger partial charge in [-0.15, -0.1) is 11.8 Å². The molecule has 1 aliphatic carbocycles. The van der Waals surface area contributed by atoms with Crippen LogP contribution in [0, 0.1) is 0 Å². The van der Waals surface area contributed by atoms with Crippen molar-refractivity contribution in [2.45, 2.75) is 51.2 Å². The molecule has 0 bridgehead atoms. The van der Waals surface area contributed by atoms with E-state index in [4.69, 9.17) is 0 Å². The molecule has 0 fully saturated rings. The van der Waals surface area contributed by atoms with Gasteiger partial charge >= 0.3 is 0 Å². The highest BCUT2D eigenvalue weighted by molar-refractivity contribution is 7.99. The first-order valence-corrected chi connectivity index (χ1v) is 14.7. The highest BCUT2D eigenvalue weighted by atomic mass is 32.2. The fraction of sp³-hybridized carbons (Fsp3) is 0.222. The molecular weight excluding hydrogens is 478 g/mol. The summed E-state index contributed by atoms with van der Waals surface area (Å²) >= 11 is 2.05. The summed E-state index contributed by atoms with van der Waals surface area (Å²) < 4.78 is 0. The Hall–Kier alpha value is -3.49. The molecule has 0 aromatic heterocycles. The summed E-state index contributed by atoms with van der Waals surface area (Å²) in [5, 5.41) is 0.373. The van der Waals surface area contributed by atoms with Crippen molar-refractivity contribution in [2.75, 3.05) is 4.90 Å². The monoisotopic (exact) mass is 513 g/mol. The van der Waals surface area contributed by atoms with Crippen LogP contribution in [0.2, 0.25) is 0 Å². The van der Waals surface area contributed by atoms with Crippen molar-refractivity contribution in [2.24, 2.45) is 0 Å². The predicted octanol–water partition coefficient (Wildman–Crippen LogP) is 10.3. The van der Waals surface area contributed by atoms with E-state index in [9.17, 15) is 0 Å². The van der Waals surface area contributed by atoms with Gasteiger partial charge in [-0.05, 0) is 79.6 Å². The fourth-order valence-corrected chi connectivity index (χ4v) is 7.42. The predicted molar refractivity (Wildman–Crippen MR) is 167 cm³/mol. The Morgan fingerprint density at radius 3 is 2.42 bits per heavy atom. The van der Waals surface area contributed by atoms with Gasteiger partial charge in [0.15, 0.2) is 0 Å². The lowest BCUT2D eigenvalue weighted by Gasteiger charge is -2.27. The number of allylic oxidation sites excluding steroid dienone is 1. The minimum atomic E-state index is 0.373. The maximum absolute atomic E-state index is 2.56. The van der Waals surface area contributed by atoms with Gasteiger partial charge in [-0.2, -0.15) is 0 Å². The molecule has 2 atom stereocenters. The molecule has 0 amide bonds. The lowest BCUT2D eigenvalue weighted by molar-refractivity contribution is 0.758. The first kappa shape index (κ1) is 24.8. The number of para-hydroxylation sites is 1. The van der Waals surface area contributed by atoms with Crippen LogP contribution >= 0.6 is 11.8 Å². The first-order valence-electron chi connectivity index (χ1n) is 13.6. The highest BCUT2D eigenvalue weighted by Crippen LogP contribution is 2.50. The van der Waals surface area contributed by atoms with Crippen molar-refractivity contribution in [3.63, 3.8) is 0 Å². The van der Waals surface area contributed by atoms with Gasteiger partial charge in [0.2, 0.25) is 0 Å². The Bertz CT molecular complexity index is 1540. The van der Waals surface area contributed by atoms with Crippen LogP contribution < -0.4 is 4.90 Å². The Morgan fingerprint density at radius 1 is 0.868 bits per heavy atom. The van der Waals surface area contributed by atoms with Gasteiger partial charge in [-0.1, -0.05) is 102 Å². The smallest absolute Gasteiger partial charge is 0.0517 e. The molecule has 0 saturated carbocycles. The van der Waals surface area contributed by atoms with E-state index < -0.39 is 0 Å².